The van der Waals surface area contributed by atoms with Gasteiger partial charge in [0.1, 0.15) is 0 Å². The van der Waals surface area contributed by atoms with Crippen molar-refractivity contribution in [1.82, 2.24) is 0 Å². The second kappa shape index (κ2) is 15.4. The summed E-state index contributed by atoms with van der Waals surface area (Å²) in [4.78, 5) is 0. The topological polar surface area (TPSA) is 0 Å². The number of hydrogen-bond donors (Lipinski definition) is 0. The molecule has 0 aromatic rings. The van der Waals surface area contributed by atoms with E-state index in [0.717, 1.165) is 11.8 Å². The molecule has 0 N–H and O–H groups in total. The maximum Gasteiger partial charge on any atom is 0.0353 e. The largest absolute Gasteiger partial charge is 0.125 e. The van der Waals surface area contributed by atoms with E-state index in [1.807, 2.05) is 21.6 Å². The maximum absolute atomic E-state index is 6.19. The standard InChI is InChI=1S/C16H33ClS2/c1-4-6-8-10-12-15(13-11-9-7-5-2)16(14-17)19-18-3/h15-16H,4-14H2,1-3H3/t16-/m0/s1. The van der Waals surface area contributed by atoms with E-state index in [-0.39, 0.29) is 0 Å². The van der Waals surface area contributed by atoms with Crippen LogP contribution in [0.15, 0.2) is 0 Å². The lowest BCUT2D eigenvalue weighted by Gasteiger charge is -2.24. The van der Waals surface area contributed by atoms with Crippen molar-refractivity contribution < 1.29 is 0 Å². The minimum Gasteiger partial charge on any atom is -0.125 e. The van der Waals surface area contributed by atoms with Crippen molar-refractivity contribution in [3.63, 3.8) is 0 Å². The number of unbranched alkanes of at least 4 members (excludes halogenated alkanes) is 6. The van der Waals surface area contributed by atoms with Crippen LogP contribution >= 0.6 is 33.2 Å². The van der Waals surface area contributed by atoms with Crippen molar-refractivity contribution >= 4 is 33.2 Å². The average Bonchev–Trinajstić information content (AvgIpc) is 2.43. The van der Waals surface area contributed by atoms with E-state index >= 15 is 0 Å². The number of rotatable bonds is 14. The molecular formula is C16H33ClS2. The van der Waals surface area contributed by atoms with Gasteiger partial charge in [0.2, 0.25) is 0 Å². The van der Waals surface area contributed by atoms with E-state index in [2.05, 4.69) is 20.1 Å². The van der Waals surface area contributed by atoms with Crippen LogP contribution < -0.4 is 0 Å². The molecule has 0 amide bonds. The Balaban J connectivity index is 4.03. The van der Waals surface area contributed by atoms with E-state index in [4.69, 9.17) is 11.6 Å². The van der Waals surface area contributed by atoms with Gasteiger partial charge >= 0.3 is 0 Å². The fourth-order valence-electron chi connectivity index (χ4n) is 2.54. The molecule has 0 saturated carbocycles. The van der Waals surface area contributed by atoms with E-state index in [0.29, 0.717) is 5.25 Å². The van der Waals surface area contributed by atoms with Crippen LogP contribution in [0.3, 0.4) is 0 Å². The van der Waals surface area contributed by atoms with Crippen LogP contribution in [0.5, 0.6) is 0 Å². The summed E-state index contributed by atoms with van der Waals surface area (Å²) < 4.78 is 0. The highest BCUT2D eigenvalue weighted by Gasteiger charge is 2.20. The first-order chi connectivity index (χ1) is 9.29. The van der Waals surface area contributed by atoms with Gasteiger partial charge in [0.25, 0.3) is 0 Å². The Morgan fingerprint density at radius 3 is 1.74 bits per heavy atom. The molecule has 1 atom stereocenters. The van der Waals surface area contributed by atoms with Crippen LogP contribution in [0.4, 0.5) is 0 Å². The summed E-state index contributed by atoms with van der Waals surface area (Å²) in [7, 11) is 3.88. The SMILES string of the molecule is CCCCCCC(CCCCCC)[C@H](CCl)SSC. The van der Waals surface area contributed by atoms with Crippen molar-refractivity contribution in [2.45, 2.75) is 83.3 Å². The lowest BCUT2D eigenvalue weighted by molar-refractivity contribution is 0.406. The summed E-state index contributed by atoms with van der Waals surface area (Å²) in [6.45, 7) is 4.57. The van der Waals surface area contributed by atoms with E-state index in [9.17, 15) is 0 Å². The zero-order valence-corrected chi connectivity index (χ0v) is 15.5. The molecule has 19 heavy (non-hydrogen) atoms. The smallest absolute Gasteiger partial charge is 0.0353 e. The first kappa shape index (κ1) is 20.0. The van der Waals surface area contributed by atoms with Crippen molar-refractivity contribution in [3.8, 4) is 0 Å². The van der Waals surface area contributed by atoms with Gasteiger partial charge in [-0.2, -0.15) is 0 Å². The van der Waals surface area contributed by atoms with Crippen LogP contribution in [-0.2, 0) is 0 Å². The second-order valence-electron chi connectivity index (χ2n) is 5.41. The minimum atomic E-state index is 0.653. The van der Waals surface area contributed by atoms with Crippen LogP contribution in [-0.4, -0.2) is 17.4 Å². The lowest BCUT2D eigenvalue weighted by Crippen LogP contribution is -2.18. The zero-order chi connectivity index (χ0) is 14.3. The van der Waals surface area contributed by atoms with Crippen LogP contribution in [0, 0.1) is 5.92 Å². The molecule has 0 aromatic carbocycles. The van der Waals surface area contributed by atoms with Gasteiger partial charge < -0.3 is 0 Å². The van der Waals surface area contributed by atoms with Crippen molar-refractivity contribution in [2.24, 2.45) is 5.92 Å². The normalized spacial score (nSPS) is 13.1. The maximum atomic E-state index is 6.19. The second-order valence-corrected chi connectivity index (χ2v) is 8.43. The molecule has 0 bridgehead atoms. The molecule has 0 aliphatic heterocycles. The highest BCUT2D eigenvalue weighted by Crippen LogP contribution is 2.35. The number of alkyl halides is 1. The van der Waals surface area contributed by atoms with E-state index in [1.54, 1.807) is 0 Å². The first-order valence-corrected chi connectivity index (χ1v) is 11.2. The third-order valence-corrected chi connectivity index (χ3v) is 6.58. The highest BCUT2D eigenvalue weighted by atomic mass is 35.5. The molecule has 116 valence electrons. The van der Waals surface area contributed by atoms with Gasteiger partial charge in [-0.15, -0.1) is 11.6 Å². The molecule has 3 heteroatoms. The molecule has 0 rings (SSSR count). The first-order valence-electron chi connectivity index (χ1n) is 8.05. The highest BCUT2D eigenvalue weighted by molar-refractivity contribution is 8.76. The lowest BCUT2D eigenvalue weighted by atomic mass is 9.92. The van der Waals surface area contributed by atoms with Crippen molar-refractivity contribution in [3.05, 3.63) is 0 Å². The summed E-state index contributed by atoms with van der Waals surface area (Å²) in [5.74, 6) is 1.65. The van der Waals surface area contributed by atoms with Gasteiger partial charge in [0.05, 0.1) is 0 Å². The van der Waals surface area contributed by atoms with Gasteiger partial charge in [-0.25, -0.2) is 0 Å². The minimum absolute atomic E-state index is 0.653. The Kier molecular flexibility index (Phi) is 16.2. The Bertz CT molecular complexity index is 164. The molecular weight excluding hydrogens is 292 g/mol. The zero-order valence-electron chi connectivity index (χ0n) is 13.1. The Labute approximate surface area is 134 Å². The Morgan fingerprint density at radius 1 is 0.842 bits per heavy atom. The fourth-order valence-corrected chi connectivity index (χ4v) is 5.35. The summed E-state index contributed by atoms with van der Waals surface area (Å²) >= 11 is 6.19. The van der Waals surface area contributed by atoms with Crippen molar-refractivity contribution in [1.29, 1.82) is 0 Å². The monoisotopic (exact) mass is 324 g/mol. The number of hydrogen-bond acceptors (Lipinski definition) is 2. The molecule has 0 radical (unpaired) electrons. The van der Waals surface area contributed by atoms with Crippen LogP contribution in [0.25, 0.3) is 0 Å². The fraction of sp³-hybridized carbons (Fsp3) is 1.00. The molecule has 0 aromatic heterocycles. The molecule has 0 fully saturated rings. The summed E-state index contributed by atoms with van der Waals surface area (Å²) in [6.07, 6.45) is 16.0. The van der Waals surface area contributed by atoms with Gasteiger partial charge in [-0.05, 0) is 25.0 Å². The predicted molar refractivity (Wildman–Crippen MR) is 96.6 cm³/mol. The molecule has 0 nitrogen and oxygen atoms in total. The van der Waals surface area contributed by atoms with Crippen LogP contribution in [0.1, 0.15) is 78.1 Å². The van der Waals surface area contributed by atoms with E-state index < -0.39 is 0 Å². The third-order valence-electron chi connectivity index (χ3n) is 3.75. The number of halogens is 1. The van der Waals surface area contributed by atoms with Gasteiger partial charge in [0.15, 0.2) is 0 Å². The summed E-state index contributed by atoms with van der Waals surface area (Å²) in [6, 6.07) is 0. The molecule has 0 aliphatic carbocycles. The summed E-state index contributed by atoms with van der Waals surface area (Å²) in [5, 5.41) is 0.653. The molecule has 0 spiro atoms. The van der Waals surface area contributed by atoms with Crippen LogP contribution in [0.2, 0.25) is 0 Å². The van der Waals surface area contributed by atoms with E-state index in [1.165, 1.54) is 64.2 Å². The Morgan fingerprint density at radius 2 is 1.37 bits per heavy atom. The van der Waals surface area contributed by atoms with Crippen molar-refractivity contribution in [2.75, 3.05) is 12.1 Å². The quantitative estimate of drug-likeness (QED) is 0.189. The molecule has 0 aliphatic rings. The Hall–Kier alpha value is 0.990. The predicted octanol–water partition coefficient (Wildman–Crippen LogP) is 7.16. The third kappa shape index (κ3) is 11.3. The molecule has 0 saturated heterocycles. The van der Waals surface area contributed by atoms with Gasteiger partial charge in [-0.3, -0.25) is 0 Å². The average molecular weight is 325 g/mol. The van der Waals surface area contributed by atoms with Gasteiger partial charge in [0, 0.05) is 11.1 Å². The molecule has 0 unspecified atom stereocenters. The van der Waals surface area contributed by atoms with Gasteiger partial charge in [-0.1, -0.05) is 86.8 Å². The summed E-state index contributed by atoms with van der Waals surface area (Å²) in [5.41, 5.74) is 0. The molecule has 0 heterocycles.